The molecule has 0 saturated heterocycles. The number of aryl methyl sites for hydroxylation is 1. The van der Waals surface area contributed by atoms with E-state index < -0.39 is 0 Å². The van der Waals surface area contributed by atoms with Crippen molar-refractivity contribution in [3.8, 4) is 0 Å². The van der Waals surface area contributed by atoms with Crippen molar-refractivity contribution in [1.29, 1.82) is 0 Å². The predicted octanol–water partition coefficient (Wildman–Crippen LogP) is 4.25. The standard InChI is InChI=1S/C19H25N3OS/c1-13-12-20-19(24-13)17(14-4-5-14)21-18(23)15-6-8-16(9-7-15)22-10-2-3-11-22/h2-3,10-12,14-17H,4-9H2,1H3,(H,21,23)/t15?,16?,17-/m0/s1. The van der Waals surface area contributed by atoms with Crippen molar-refractivity contribution in [2.75, 3.05) is 0 Å². The van der Waals surface area contributed by atoms with Crippen molar-refractivity contribution >= 4 is 17.2 Å². The fourth-order valence-electron chi connectivity index (χ4n) is 3.83. The van der Waals surface area contributed by atoms with Crippen molar-refractivity contribution in [3.63, 3.8) is 0 Å². The van der Waals surface area contributed by atoms with Crippen LogP contribution >= 0.6 is 11.3 Å². The van der Waals surface area contributed by atoms with Gasteiger partial charge in [0.25, 0.3) is 0 Å². The lowest BCUT2D eigenvalue weighted by molar-refractivity contribution is -0.127. The molecule has 1 amide bonds. The molecule has 2 fully saturated rings. The predicted molar refractivity (Wildman–Crippen MR) is 95.9 cm³/mol. The molecule has 2 heterocycles. The molecule has 2 aliphatic carbocycles. The molecule has 1 N–H and O–H groups in total. The highest BCUT2D eigenvalue weighted by molar-refractivity contribution is 7.11. The third kappa shape index (κ3) is 3.41. The Morgan fingerprint density at radius 3 is 2.50 bits per heavy atom. The maximum Gasteiger partial charge on any atom is 0.223 e. The molecule has 128 valence electrons. The second-order valence-corrected chi connectivity index (χ2v) is 8.53. The smallest absolute Gasteiger partial charge is 0.223 e. The van der Waals surface area contributed by atoms with Crippen molar-refractivity contribution < 1.29 is 4.79 Å². The zero-order valence-electron chi connectivity index (χ0n) is 14.1. The highest BCUT2D eigenvalue weighted by Crippen LogP contribution is 2.42. The average Bonchev–Trinajstić information content (AvgIpc) is 3.10. The van der Waals surface area contributed by atoms with Crippen molar-refractivity contribution in [1.82, 2.24) is 14.9 Å². The molecule has 2 aliphatic rings. The van der Waals surface area contributed by atoms with E-state index in [9.17, 15) is 4.79 Å². The van der Waals surface area contributed by atoms with Gasteiger partial charge in [-0.25, -0.2) is 4.98 Å². The van der Waals surface area contributed by atoms with Gasteiger partial charge < -0.3 is 9.88 Å². The number of thiazole rings is 1. The second kappa shape index (κ2) is 6.71. The Bertz CT molecular complexity index is 681. The highest BCUT2D eigenvalue weighted by atomic mass is 32.1. The molecular weight excluding hydrogens is 318 g/mol. The van der Waals surface area contributed by atoms with E-state index >= 15 is 0 Å². The van der Waals surface area contributed by atoms with Gasteiger partial charge in [0.1, 0.15) is 5.01 Å². The summed E-state index contributed by atoms with van der Waals surface area (Å²) in [6, 6.07) is 4.85. The Kier molecular flexibility index (Phi) is 4.44. The molecule has 0 bridgehead atoms. The summed E-state index contributed by atoms with van der Waals surface area (Å²) in [6.45, 7) is 2.08. The van der Waals surface area contributed by atoms with E-state index in [1.807, 2.05) is 6.20 Å². The molecule has 5 heteroatoms. The maximum absolute atomic E-state index is 12.8. The molecule has 4 nitrogen and oxygen atoms in total. The van der Waals surface area contributed by atoms with Gasteiger partial charge in [-0.05, 0) is 63.5 Å². The minimum Gasteiger partial charge on any atom is -0.351 e. The Balaban J connectivity index is 1.36. The summed E-state index contributed by atoms with van der Waals surface area (Å²) in [4.78, 5) is 18.5. The van der Waals surface area contributed by atoms with Gasteiger partial charge in [0.05, 0.1) is 6.04 Å². The van der Waals surface area contributed by atoms with Crippen LogP contribution in [0.4, 0.5) is 0 Å². The molecule has 24 heavy (non-hydrogen) atoms. The first kappa shape index (κ1) is 15.9. The third-order valence-electron chi connectivity index (χ3n) is 5.41. The van der Waals surface area contributed by atoms with Crippen LogP contribution in [0.15, 0.2) is 30.7 Å². The largest absolute Gasteiger partial charge is 0.351 e. The summed E-state index contributed by atoms with van der Waals surface area (Å²) in [5.74, 6) is 1.00. The topological polar surface area (TPSA) is 46.9 Å². The van der Waals surface area contributed by atoms with Crippen molar-refractivity contribution in [2.45, 2.75) is 57.5 Å². The number of nitrogens with one attached hydrogen (secondary N) is 1. The molecule has 0 unspecified atom stereocenters. The van der Waals surface area contributed by atoms with E-state index in [4.69, 9.17) is 0 Å². The van der Waals surface area contributed by atoms with Crippen molar-refractivity contribution in [3.05, 3.63) is 40.6 Å². The van der Waals surface area contributed by atoms with E-state index in [-0.39, 0.29) is 17.9 Å². The molecule has 0 aliphatic heterocycles. The number of carbonyl (C=O) groups excluding carboxylic acids is 1. The van der Waals surface area contributed by atoms with Crippen LogP contribution in [0.2, 0.25) is 0 Å². The number of nitrogens with zero attached hydrogens (tertiary/aromatic N) is 2. The van der Waals surface area contributed by atoms with Crippen LogP contribution in [-0.2, 0) is 4.79 Å². The Morgan fingerprint density at radius 1 is 1.21 bits per heavy atom. The lowest BCUT2D eigenvalue weighted by atomic mass is 9.85. The molecule has 4 rings (SSSR count). The Morgan fingerprint density at radius 2 is 1.92 bits per heavy atom. The zero-order valence-corrected chi connectivity index (χ0v) is 15.0. The number of amides is 1. The molecule has 0 spiro atoms. The normalized spacial score (nSPS) is 25.4. The minimum absolute atomic E-state index is 0.137. The average molecular weight is 343 g/mol. The molecule has 0 aromatic carbocycles. The number of hydrogen-bond donors (Lipinski definition) is 1. The lowest BCUT2D eigenvalue weighted by Crippen LogP contribution is -2.36. The van der Waals surface area contributed by atoms with Crippen LogP contribution in [0.1, 0.15) is 60.5 Å². The van der Waals surface area contributed by atoms with Crippen LogP contribution in [-0.4, -0.2) is 15.5 Å². The minimum atomic E-state index is 0.137. The van der Waals surface area contributed by atoms with Gasteiger partial charge in [0.2, 0.25) is 5.91 Å². The van der Waals surface area contributed by atoms with Gasteiger partial charge in [-0.1, -0.05) is 0 Å². The SMILES string of the molecule is Cc1cnc([C@@H](NC(=O)C2CCC(n3cccc3)CC2)C2CC2)s1. The van der Waals surface area contributed by atoms with Crippen LogP contribution in [0.3, 0.4) is 0 Å². The molecular formula is C19H25N3OS. The fraction of sp³-hybridized carbons (Fsp3) is 0.579. The van der Waals surface area contributed by atoms with E-state index in [1.54, 1.807) is 11.3 Å². The lowest BCUT2D eigenvalue weighted by Gasteiger charge is -2.30. The maximum atomic E-state index is 12.8. The summed E-state index contributed by atoms with van der Waals surface area (Å²) in [5.41, 5.74) is 0. The number of aromatic nitrogens is 2. The number of hydrogen-bond acceptors (Lipinski definition) is 3. The third-order valence-corrected chi connectivity index (χ3v) is 6.41. The van der Waals surface area contributed by atoms with Gasteiger partial charge in [-0.3, -0.25) is 4.79 Å². The molecule has 2 saturated carbocycles. The van der Waals surface area contributed by atoms with Gasteiger partial charge >= 0.3 is 0 Å². The first-order valence-corrected chi connectivity index (χ1v) is 9.87. The molecule has 2 aromatic heterocycles. The van der Waals surface area contributed by atoms with E-state index in [2.05, 4.69) is 46.3 Å². The van der Waals surface area contributed by atoms with Gasteiger partial charge in [-0.15, -0.1) is 11.3 Å². The molecule has 2 aromatic rings. The molecule has 1 atom stereocenters. The first-order valence-electron chi connectivity index (χ1n) is 9.06. The van der Waals surface area contributed by atoms with Crippen LogP contribution in [0.5, 0.6) is 0 Å². The molecule has 0 radical (unpaired) electrons. The van der Waals surface area contributed by atoms with Gasteiger partial charge in [0, 0.05) is 35.4 Å². The Labute approximate surface area is 147 Å². The second-order valence-electron chi connectivity index (χ2n) is 7.27. The summed E-state index contributed by atoms with van der Waals surface area (Å²) in [6.07, 6.45) is 12.8. The summed E-state index contributed by atoms with van der Waals surface area (Å²) in [7, 11) is 0. The number of rotatable bonds is 5. The van der Waals surface area contributed by atoms with E-state index in [1.165, 1.54) is 17.7 Å². The monoisotopic (exact) mass is 343 g/mol. The Hall–Kier alpha value is -1.62. The zero-order chi connectivity index (χ0) is 16.5. The van der Waals surface area contributed by atoms with Crippen LogP contribution < -0.4 is 5.32 Å². The quantitative estimate of drug-likeness (QED) is 0.882. The van der Waals surface area contributed by atoms with Crippen LogP contribution in [0.25, 0.3) is 0 Å². The summed E-state index contributed by atoms with van der Waals surface area (Å²) >= 11 is 1.72. The van der Waals surface area contributed by atoms with Crippen LogP contribution in [0, 0.1) is 18.8 Å². The van der Waals surface area contributed by atoms with Gasteiger partial charge in [-0.2, -0.15) is 0 Å². The van der Waals surface area contributed by atoms with E-state index in [0.717, 1.165) is 30.7 Å². The van der Waals surface area contributed by atoms with Crippen molar-refractivity contribution in [2.24, 2.45) is 11.8 Å². The first-order chi connectivity index (χ1) is 11.7. The highest BCUT2D eigenvalue weighted by Gasteiger charge is 2.37. The van der Waals surface area contributed by atoms with Gasteiger partial charge in [0.15, 0.2) is 0 Å². The van der Waals surface area contributed by atoms with E-state index in [0.29, 0.717) is 12.0 Å². The summed E-state index contributed by atoms with van der Waals surface area (Å²) < 4.78 is 2.29. The number of carbonyl (C=O) groups is 1. The summed E-state index contributed by atoms with van der Waals surface area (Å²) in [5, 5.41) is 4.42. The fourth-order valence-corrected chi connectivity index (χ4v) is 4.74.